The van der Waals surface area contributed by atoms with Gasteiger partial charge in [0.1, 0.15) is 0 Å². The molecule has 102 valence electrons. The summed E-state index contributed by atoms with van der Waals surface area (Å²) >= 11 is 0. The molecule has 1 unspecified atom stereocenters. The average Bonchev–Trinajstić information content (AvgIpc) is 2.49. The van der Waals surface area contributed by atoms with Crippen molar-refractivity contribution in [2.24, 2.45) is 0 Å². The van der Waals surface area contributed by atoms with Crippen LogP contribution in [0.2, 0.25) is 0 Å². The topological polar surface area (TPSA) is 0 Å². The van der Waals surface area contributed by atoms with Crippen molar-refractivity contribution in [2.75, 3.05) is 0 Å². The Morgan fingerprint density at radius 1 is 1.00 bits per heavy atom. The van der Waals surface area contributed by atoms with Gasteiger partial charge in [-0.25, -0.2) is 0 Å². The van der Waals surface area contributed by atoms with Gasteiger partial charge in [-0.15, -0.1) is 0 Å². The van der Waals surface area contributed by atoms with Crippen LogP contribution in [0, 0.1) is 6.92 Å². The third-order valence-electron chi connectivity index (χ3n) is 4.14. The zero-order valence-corrected chi connectivity index (χ0v) is 12.6. The number of benzene rings is 2. The van der Waals surface area contributed by atoms with Crippen molar-refractivity contribution in [1.29, 1.82) is 0 Å². The summed E-state index contributed by atoms with van der Waals surface area (Å²) in [5.41, 5.74) is 5.00. The van der Waals surface area contributed by atoms with Crippen LogP contribution in [0.25, 0.3) is 0 Å². The second-order valence-corrected chi connectivity index (χ2v) is 5.25. The molecule has 0 aliphatic heterocycles. The van der Waals surface area contributed by atoms with Gasteiger partial charge in [-0.05, 0) is 43.0 Å². The zero-order chi connectivity index (χ0) is 14.6. The first-order valence-corrected chi connectivity index (χ1v) is 7.05. The SMILES string of the molecule is C=C/C(=C\C)C(C)(c1ccccc1)c1ccccc1C. The second kappa shape index (κ2) is 5.92. The number of allylic oxidation sites excluding steroid dienone is 3. The normalized spacial score (nSPS) is 14.7. The van der Waals surface area contributed by atoms with E-state index in [9.17, 15) is 0 Å². The second-order valence-electron chi connectivity index (χ2n) is 5.25. The van der Waals surface area contributed by atoms with Crippen LogP contribution in [0.4, 0.5) is 0 Å². The minimum atomic E-state index is -0.164. The molecule has 0 aromatic heterocycles. The van der Waals surface area contributed by atoms with E-state index in [0.29, 0.717) is 0 Å². The molecule has 1 atom stereocenters. The molecule has 0 nitrogen and oxygen atoms in total. The predicted octanol–water partition coefficient (Wildman–Crippen LogP) is 5.43. The van der Waals surface area contributed by atoms with Crippen LogP contribution in [0.5, 0.6) is 0 Å². The quantitative estimate of drug-likeness (QED) is 0.644. The minimum Gasteiger partial charge on any atom is -0.0988 e. The highest BCUT2D eigenvalue weighted by molar-refractivity contribution is 5.53. The lowest BCUT2D eigenvalue weighted by Gasteiger charge is -2.34. The van der Waals surface area contributed by atoms with Crippen LogP contribution >= 0.6 is 0 Å². The largest absolute Gasteiger partial charge is 0.0988 e. The summed E-state index contributed by atoms with van der Waals surface area (Å²) in [7, 11) is 0. The molecular formula is C20H22. The van der Waals surface area contributed by atoms with Gasteiger partial charge in [0.2, 0.25) is 0 Å². The highest BCUT2D eigenvalue weighted by Gasteiger charge is 2.32. The Labute approximate surface area is 122 Å². The lowest BCUT2D eigenvalue weighted by Crippen LogP contribution is -2.26. The summed E-state index contributed by atoms with van der Waals surface area (Å²) in [5.74, 6) is 0. The fourth-order valence-electron chi connectivity index (χ4n) is 2.99. The molecule has 0 bridgehead atoms. The van der Waals surface area contributed by atoms with Crippen molar-refractivity contribution < 1.29 is 0 Å². The smallest absolute Gasteiger partial charge is 0.0422 e. The van der Waals surface area contributed by atoms with Gasteiger partial charge >= 0.3 is 0 Å². The molecule has 20 heavy (non-hydrogen) atoms. The van der Waals surface area contributed by atoms with Gasteiger partial charge in [0.05, 0.1) is 0 Å². The molecule has 0 heteroatoms. The molecule has 2 rings (SSSR count). The molecule has 0 spiro atoms. The molecular weight excluding hydrogens is 240 g/mol. The first-order chi connectivity index (χ1) is 9.64. The molecule has 0 amide bonds. The summed E-state index contributed by atoms with van der Waals surface area (Å²) in [6.07, 6.45) is 4.13. The molecule has 0 fully saturated rings. The summed E-state index contributed by atoms with van der Waals surface area (Å²) < 4.78 is 0. The maximum Gasteiger partial charge on any atom is 0.0422 e. The van der Waals surface area contributed by atoms with Crippen LogP contribution in [-0.2, 0) is 5.41 Å². The Morgan fingerprint density at radius 2 is 1.60 bits per heavy atom. The molecule has 2 aromatic carbocycles. The Morgan fingerprint density at radius 3 is 2.15 bits per heavy atom. The van der Waals surface area contributed by atoms with Crippen LogP contribution in [0.15, 0.2) is 78.9 Å². The Kier molecular flexibility index (Phi) is 4.24. The van der Waals surface area contributed by atoms with Gasteiger partial charge in [0, 0.05) is 5.41 Å². The van der Waals surface area contributed by atoms with Crippen molar-refractivity contribution >= 4 is 0 Å². The first kappa shape index (κ1) is 14.3. The van der Waals surface area contributed by atoms with Crippen LogP contribution in [0.1, 0.15) is 30.5 Å². The van der Waals surface area contributed by atoms with Crippen molar-refractivity contribution in [3.8, 4) is 0 Å². The number of hydrogen-bond donors (Lipinski definition) is 0. The van der Waals surface area contributed by atoms with Gasteiger partial charge in [-0.1, -0.05) is 73.3 Å². The van der Waals surface area contributed by atoms with Crippen LogP contribution in [0.3, 0.4) is 0 Å². The maximum atomic E-state index is 4.01. The van der Waals surface area contributed by atoms with E-state index in [0.717, 1.165) is 0 Å². The standard InChI is InChI=1S/C20H22/c1-5-17(6-2)20(4,18-13-8-7-9-14-18)19-15-11-10-12-16(19)3/h5-15H,1H2,2-4H3/b17-6+. The van der Waals surface area contributed by atoms with Crippen molar-refractivity contribution in [3.05, 3.63) is 95.6 Å². The number of rotatable bonds is 4. The van der Waals surface area contributed by atoms with E-state index in [-0.39, 0.29) is 5.41 Å². The summed E-state index contributed by atoms with van der Waals surface area (Å²) in [5, 5.41) is 0. The van der Waals surface area contributed by atoms with E-state index in [1.165, 1.54) is 22.3 Å². The zero-order valence-electron chi connectivity index (χ0n) is 12.6. The van der Waals surface area contributed by atoms with Gasteiger partial charge < -0.3 is 0 Å². The highest BCUT2D eigenvalue weighted by atomic mass is 14.3. The average molecular weight is 262 g/mol. The summed E-state index contributed by atoms with van der Waals surface area (Å²) in [4.78, 5) is 0. The van der Waals surface area contributed by atoms with E-state index in [1.54, 1.807) is 0 Å². The van der Waals surface area contributed by atoms with E-state index in [4.69, 9.17) is 0 Å². The van der Waals surface area contributed by atoms with E-state index < -0.39 is 0 Å². The van der Waals surface area contributed by atoms with E-state index >= 15 is 0 Å². The summed E-state index contributed by atoms with van der Waals surface area (Å²) in [6, 6.07) is 19.2. The third-order valence-corrected chi connectivity index (χ3v) is 4.14. The number of aryl methyl sites for hydroxylation is 1. The fourth-order valence-corrected chi connectivity index (χ4v) is 2.99. The molecule has 2 aromatic rings. The molecule has 0 heterocycles. The molecule has 0 aliphatic carbocycles. The Balaban J connectivity index is 2.75. The van der Waals surface area contributed by atoms with Gasteiger partial charge in [-0.2, -0.15) is 0 Å². The van der Waals surface area contributed by atoms with Crippen molar-refractivity contribution in [2.45, 2.75) is 26.2 Å². The van der Waals surface area contributed by atoms with Crippen molar-refractivity contribution in [1.82, 2.24) is 0 Å². The molecule has 0 saturated heterocycles. The Bertz CT molecular complexity index is 619. The van der Waals surface area contributed by atoms with E-state index in [2.05, 4.69) is 88.0 Å². The molecule has 0 radical (unpaired) electrons. The third kappa shape index (κ3) is 2.34. The van der Waals surface area contributed by atoms with Gasteiger partial charge in [-0.3, -0.25) is 0 Å². The summed E-state index contributed by atoms with van der Waals surface area (Å²) in [6.45, 7) is 10.5. The predicted molar refractivity (Wildman–Crippen MR) is 88.0 cm³/mol. The fraction of sp³-hybridized carbons (Fsp3) is 0.200. The lowest BCUT2D eigenvalue weighted by molar-refractivity contribution is 0.684. The van der Waals surface area contributed by atoms with Gasteiger partial charge in [0.15, 0.2) is 0 Å². The molecule has 0 aliphatic rings. The van der Waals surface area contributed by atoms with E-state index in [1.807, 2.05) is 6.08 Å². The molecule has 0 saturated carbocycles. The van der Waals surface area contributed by atoms with Crippen LogP contribution in [-0.4, -0.2) is 0 Å². The monoisotopic (exact) mass is 262 g/mol. The van der Waals surface area contributed by atoms with Crippen LogP contribution < -0.4 is 0 Å². The minimum absolute atomic E-state index is 0.164. The first-order valence-electron chi connectivity index (χ1n) is 7.05. The highest BCUT2D eigenvalue weighted by Crippen LogP contribution is 2.40. The molecule has 0 N–H and O–H groups in total. The van der Waals surface area contributed by atoms with Crippen molar-refractivity contribution in [3.63, 3.8) is 0 Å². The maximum absolute atomic E-state index is 4.01. The van der Waals surface area contributed by atoms with Gasteiger partial charge in [0.25, 0.3) is 0 Å². The lowest BCUT2D eigenvalue weighted by atomic mass is 9.69. The number of hydrogen-bond acceptors (Lipinski definition) is 0. The Hall–Kier alpha value is -2.08.